The molecule has 0 aliphatic carbocycles. The number of halogens is 3. The molecule has 0 aliphatic rings. The predicted molar refractivity (Wildman–Crippen MR) is 129 cm³/mol. The van der Waals surface area contributed by atoms with Gasteiger partial charge in [0.2, 0.25) is 0 Å². The van der Waals surface area contributed by atoms with E-state index >= 15 is 0 Å². The van der Waals surface area contributed by atoms with Crippen molar-refractivity contribution in [3.05, 3.63) is 89.3 Å². The molecule has 0 radical (unpaired) electrons. The molecule has 0 saturated carbocycles. The van der Waals surface area contributed by atoms with Gasteiger partial charge in [-0.05, 0) is 42.0 Å². The van der Waals surface area contributed by atoms with Crippen molar-refractivity contribution in [1.29, 1.82) is 0 Å². The average Bonchev–Trinajstić information content (AvgIpc) is 3.20. The molecule has 0 bridgehead atoms. The Kier molecular flexibility index (Phi) is 6.62. The lowest BCUT2D eigenvalue weighted by molar-refractivity contribution is -0.138. The number of amides is 1. The molecule has 4 aromatic rings. The van der Waals surface area contributed by atoms with Crippen LogP contribution in [0.4, 0.5) is 19.0 Å². The van der Waals surface area contributed by atoms with Crippen LogP contribution in [0.3, 0.4) is 0 Å². The fraction of sp³-hybridized carbons (Fsp3) is 0.269. The highest BCUT2D eigenvalue weighted by Gasteiger charge is 2.34. The first-order chi connectivity index (χ1) is 16.9. The number of pyridine rings is 1. The van der Waals surface area contributed by atoms with Crippen molar-refractivity contribution in [2.75, 3.05) is 5.32 Å². The fourth-order valence-electron chi connectivity index (χ4n) is 3.74. The van der Waals surface area contributed by atoms with Gasteiger partial charge in [-0.25, -0.2) is 9.97 Å². The zero-order chi connectivity index (χ0) is 26.1. The highest BCUT2D eigenvalue weighted by atomic mass is 19.4. The third-order valence-corrected chi connectivity index (χ3v) is 5.67. The van der Waals surface area contributed by atoms with Crippen molar-refractivity contribution >= 4 is 11.7 Å². The second kappa shape index (κ2) is 9.52. The van der Waals surface area contributed by atoms with Crippen molar-refractivity contribution in [3.63, 3.8) is 0 Å². The van der Waals surface area contributed by atoms with Crippen molar-refractivity contribution in [2.45, 2.75) is 38.8 Å². The summed E-state index contributed by atoms with van der Waals surface area (Å²) in [6.45, 7) is 5.99. The smallest absolute Gasteiger partial charge is 0.307 e. The third kappa shape index (κ3) is 5.42. The summed E-state index contributed by atoms with van der Waals surface area (Å²) in [5.41, 5.74) is 1.29. The number of carbonyl (C=O) groups excluding carboxylic acids is 1. The Labute approximate surface area is 206 Å². The first-order valence-corrected chi connectivity index (χ1v) is 11.2. The summed E-state index contributed by atoms with van der Waals surface area (Å²) in [6.07, 6.45) is -0.316. The second-order valence-corrected chi connectivity index (χ2v) is 9.38. The molecule has 0 fully saturated rings. The molecule has 36 heavy (non-hydrogen) atoms. The van der Waals surface area contributed by atoms with E-state index in [1.807, 2.05) is 20.8 Å². The van der Waals surface area contributed by atoms with E-state index in [0.717, 1.165) is 11.8 Å². The lowest BCUT2D eigenvalue weighted by Crippen LogP contribution is -2.17. The van der Waals surface area contributed by atoms with E-state index in [1.54, 1.807) is 37.5 Å². The number of anilines is 1. The molecule has 186 valence electrons. The number of hydrogen-bond donors (Lipinski definition) is 1. The van der Waals surface area contributed by atoms with E-state index in [1.165, 1.54) is 29.3 Å². The second-order valence-electron chi connectivity index (χ2n) is 9.38. The molecule has 0 aliphatic heterocycles. The standard InChI is InChI=1S/C26H25F3N6O/c1-25(2,3)22-14-23(35(4)34-22)33-24(36)16-7-8-19(26(27,28)29)17(12-16)13-21-18(6-5-10-31-21)20-9-11-30-15-32-20/h5-12,14-15H,13H2,1-4H3,(H,33,36). The van der Waals surface area contributed by atoms with Crippen molar-refractivity contribution in [3.8, 4) is 11.3 Å². The molecule has 1 aromatic carbocycles. The molecule has 7 nitrogen and oxygen atoms in total. The summed E-state index contributed by atoms with van der Waals surface area (Å²) in [5, 5.41) is 7.17. The van der Waals surface area contributed by atoms with Crippen LogP contribution in [-0.2, 0) is 25.1 Å². The number of nitrogens with one attached hydrogen (secondary N) is 1. The van der Waals surface area contributed by atoms with Gasteiger partial charge >= 0.3 is 6.18 Å². The van der Waals surface area contributed by atoms with Crippen LogP contribution >= 0.6 is 0 Å². The van der Waals surface area contributed by atoms with Gasteiger partial charge < -0.3 is 5.32 Å². The number of carbonyl (C=O) groups is 1. The van der Waals surface area contributed by atoms with Crippen LogP contribution in [0.2, 0.25) is 0 Å². The monoisotopic (exact) mass is 494 g/mol. The van der Waals surface area contributed by atoms with Crippen LogP contribution in [-0.4, -0.2) is 30.6 Å². The minimum atomic E-state index is -4.60. The van der Waals surface area contributed by atoms with Crippen LogP contribution in [0.15, 0.2) is 61.2 Å². The quantitative estimate of drug-likeness (QED) is 0.400. The van der Waals surface area contributed by atoms with Gasteiger partial charge in [0.1, 0.15) is 12.1 Å². The number of hydrogen-bond acceptors (Lipinski definition) is 5. The molecule has 0 unspecified atom stereocenters. The first kappa shape index (κ1) is 25.0. The zero-order valence-electron chi connectivity index (χ0n) is 20.3. The molecule has 3 heterocycles. The summed E-state index contributed by atoms with van der Waals surface area (Å²) in [4.78, 5) is 25.4. The molecule has 10 heteroatoms. The maximum Gasteiger partial charge on any atom is 0.416 e. The van der Waals surface area contributed by atoms with Gasteiger partial charge in [0.15, 0.2) is 0 Å². The van der Waals surface area contributed by atoms with Crippen LogP contribution in [0.1, 0.15) is 53.6 Å². The van der Waals surface area contributed by atoms with Gasteiger partial charge in [-0.1, -0.05) is 20.8 Å². The summed E-state index contributed by atoms with van der Waals surface area (Å²) in [7, 11) is 1.69. The van der Waals surface area contributed by atoms with Crippen molar-refractivity contribution in [1.82, 2.24) is 24.7 Å². The van der Waals surface area contributed by atoms with Gasteiger partial charge in [0.25, 0.3) is 5.91 Å². The Balaban J connectivity index is 1.69. The maximum absolute atomic E-state index is 13.9. The van der Waals surface area contributed by atoms with E-state index in [-0.39, 0.29) is 23.0 Å². The van der Waals surface area contributed by atoms with E-state index in [0.29, 0.717) is 22.8 Å². The molecule has 0 saturated heterocycles. The van der Waals surface area contributed by atoms with Gasteiger partial charge in [0.05, 0.1) is 22.6 Å². The van der Waals surface area contributed by atoms with Crippen LogP contribution in [0.5, 0.6) is 0 Å². The summed E-state index contributed by atoms with van der Waals surface area (Å²) >= 11 is 0. The number of benzene rings is 1. The Morgan fingerprint density at radius 3 is 2.44 bits per heavy atom. The van der Waals surface area contributed by atoms with Crippen LogP contribution in [0, 0.1) is 0 Å². The molecule has 3 aromatic heterocycles. The Morgan fingerprint density at radius 1 is 1.03 bits per heavy atom. The largest absolute Gasteiger partial charge is 0.416 e. The number of aromatic nitrogens is 5. The highest BCUT2D eigenvalue weighted by Crippen LogP contribution is 2.34. The average molecular weight is 495 g/mol. The summed E-state index contributed by atoms with van der Waals surface area (Å²) in [6, 6.07) is 10.2. The zero-order valence-corrected chi connectivity index (χ0v) is 20.3. The van der Waals surface area contributed by atoms with Crippen LogP contribution < -0.4 is 5.32 Å². The molecular formula is C26H25F3N6O. The SMILES string of the molecule is Cn1nc(C(C)(C)C)cc1NC(=O)c1ccc(C(F)(F)F)c(Cc2ncccc2-c2ccncn2)c1. The molecule has 1 N–H and O–H groups in total. The number of aryl methyl sites for hydroxylation is 1. The van der Waals surface area contributed by atoms with Crippen molar-refractivity contribution < 1.29 is 18.0 Å². The minimum absolute atomic E-state index is 0.0652. The molecular weight excluding hydrogens is 469 g/mol. The maximum atomic E-state index is 13.9. The first-order valence-electron chi connectivity index (χ1n) is 11.2. The van der Waals surface area contributed by atoms with Gasteiger partial charge in [0, 0.05) is 48.5 Å². The van der Waals surface area contributed by atoms with E-state index in [2.05, 4.69) is 25.4 Å². The van der Waals surface area contributed by atoms with E-state index in [9.17, 15) is 18.0 Å². The van der Waals surface area contributed by atoms with Crippen LogP contribution in [0.25, 0.3) is 11.3 Å². The van der Waals surface area contributed by atoms with Gasteiger partial charge in [-0.3, -0.25) is 14.5 Å². The molecule has 4 rings (SSSR count). The Hall–Kier alpha value is -4.08. The minimum Gasteiger partial charge on any atom is -0.307 e. The summed E-state index contributed by atoms with van der Waals surface area (Å²) in [5.74, 6) is -0.0902. The lowest BCUT2D eigenvalue weighted by Gasteiger charge is -2.16. The molecule has 0 spiro atoms. The summed E-state index contributed by atoms with van der Waals surface area (Å²) < 4.78 is 43.1. The predicted octanol–water partition coefficient (Wildman–Crippen LogP) is 5.43. The third-order valence-electron chi connectivity index (χ3n) is 5.67. The number of nitrogens with zero attached hydrogens (tertiary/aromatic N) is 5. The normalized spacial score (nSPS) is 12.0. The number of rotatable bonds is 5. The van der Waals surface area contributed by atoms with E-state index < -0.39 is 17.6 Å². The molecule has 1 amide bonds. The van der Waals surface area contributed by atoms with Gasteiger partial charge in [-0.15, -0.1) is 0 Å². The fourth-order valence-corrected chi connectivity index (χ4v) is 3.74. The Bertz CT molecular complexity index is 1390. The number of alkyl halides is 3. The topological polar surface area (TPSA) is 85.6 Å². The molecule has 0 atom stereocenters. The van der Waals surface area contributed by atoms with E-state index in [4.69, 9.17) is 0 Å². The lowest BCUT2D eigenvalue weighted by atomic mass is 9.92. The van der Waals surface area contributed by atoms with Crippen molar-refractivity contribution in [2.24, 2.45) is 7.05 Å². The highest BCUT2D eigenvalue weighted by molar-refractivity contribution is 6.04. The van der Waals surface area contributed by atoms with Gasteiger partial charge in [-0.2, -0.15) is 18.3 Å². The Morgan fingerprint density at radius 2 is 1.81 bits per heavy atom.